The summed E-state index contributed by atoms with van der Waals surface area (Å²) < 4.78 is 0. The molecule has 1 aliphatic carbocycles. The summed E-state index contributed by atoms with van der Waals surface area (Å²) >= 11 is 0. The maximum Gasteiger partial charge on any atom is 0.0230 e. The van der Waals surface area contributed by atoms with Crippen molar-refractivity contribution in [2.24, 2.45) is 11.1 Å². The molecule has 1 aliphatic rings. The molecule has 0 heterocycles. The van der Waals surface area contributed by atoms with E-state index >= 15 is 0 Å². The van der Waals surface area contributed by atoms with Crippen LogP contribution >= 0.6 is 0 Å². The van der Waals surface area contributed by atoms with Crippen molar-refractivity contribution in [2.75, 3.05) is 20.1 Å². The van der Waals surface area contributed by atoms with Crippen molar-refractivity contribution in [3.63, 3.8) is 0 Å². The molecule has 0 atom stereocenters. The van der Waals surface area contributed by atoms with Gasteiger partial charge in [0.1, 0.15) is 0 Å². The Bertz CT molecular complexity index is 377. The molecule has 18 heavy (non-hydrogen) atoms. The van der Waals surface area contributed by atoms with Gasteiger partial charge in [-0.15, -0.1) is 0 Å². The molecule has 1 fully saturated rings. The van der Waals surface area contributed by atoms with Gasteiger partial charge in [-0.3, -0.25) is 0 Å². The van der Waals surface area contributed by atoms with Gasteiger partial charge in [0.2, 0.25) is 0 Å². The van der Waals surface area contributed by atoms with Crippen LogP contribution in [0.15, 0.2) is 24.3 Å². The van der Waals surface area contributed by atoms with Crippen LogP contribution in [0, 0.1) is 5.41 Å². The molecule has 0 aliphatic heterocycles. The van der Waals surface area contributed by atoms with Crippen LogP contribution in [0.4, 0.5) is 0 Å². The first-order chi connectivity index (χ1) is 8.54. The van der Waals surface area contributed by atoms with Crippen molar-refractivity contribution < 1.29 is 0 Å². The highest BCUT2D eigenvalue weighted by molar-refractivity contribution is 5.24. The number of nitrogens with zero attached hydrogens (tertiary/aromatic N) is 1. The van der Waals surface area contributed by atoms with Crippen molar-refractivity contribution >= 4 is 0 Å². The smallest absolute Gasteiger partial charge is 0.0230 e. The second-order valence-corrected chi connectivity index (χ2v) is 6.27. The third kappa shape index (κ3) is 3.33. The molecule has 2 nitrogen and oxygen atoms in total. The minimum atomic E-state index is 0.437. The van der Waals surface area contributed by atoms with E-state index in [1.54, 1.807) is 0 Å². The summed E-state index contributed by atoms with van der Waals surface area (Å²) in [7, 11) is 2.20. The molecule has 0 bridgehead atoms. The summed E-state index contributed by atoms with van der Waals surface area (Å²) in [5, 5.41) is 0. The van der Waals surface area contributed by atoms with Gasteiger partial charge < -0.3 is 10.6 Å². The van der Waals surface area contributed by atoms with Crippen molar-refractivity contribution in [1.29, 1.82) is 0 Å². The molecule has 1 aromatic rings. The van der Waals surface area contributed by atoms with Gasteiger partial charge in [-0.2, -0.15) is 0 Å². The maximum absolute atomic E-state index is 5.84. The van der Waals surface area contributed by atoms with Crippen LogP contribution in [0.25, 0.3) is 0 Å². The highest BCUT2D eigenvalue weighted by Crippen LogP contribution is 2.45. The van der Waals surface area contributed by atoms with Crippen LogP contribution in [0.1, 0.15) is 43.7 Å². The van der Waals surface area contributed by atoms with Gasteiger partial charge >= 0.3 is 0 Å². The van der Waals surface area contributed by atoms with Gasteiger partial charge in [-0.05, 0) is 48.9 Å². The Morgan fingerprint density at radius 2 is 1.83 bits per heavy atom. The van der Waals surface area contributed by atoms with Gasteiger partial charge in [-0.25, -0.2) is 0 Å². The number of rotatable bonds is 6. The monoisotopic (exact) mass is 246 g/mol. The van der Waals surface area contributed by atoms with Gasteiger partial charge in [-0.1, -0.05) is 38.1 Å². The molecule has 2 rings (SSSR count). The van der Waals surface area contributed by atoms with Crippen LogP contribution in [0.3, 0.4) is 0 Å². The lowest BCUT2D eigenvalue weighted by Gasteiger charge is -2.22. The fraction of sp³-hybridized carbons (Fsp3) is 0.625. The maximum atomic E-state index is 5.84. The Hall–Kier alpha value is -0.860. The fourth-order valence-electron chi connectivity index (χ4n) is 2.55. The van der Waals surface area contributed by atoms with Gasteiger partial charge in [0.05, 0.1) is 0 Å². The highest BCUT2D eigenvalue weighted by atomic mass is 15.1. The first-order valence-corrected chi connectivity index (χ1v) is 7.02. The third-order valence-corrected chi connectivity index (χ3v) is 4.09. The SMILES string of the molecule is CC(C)c1ccc(CN(C)CC2(CN)CC2)cc1. The van der Waals surface area contributed by atoms with Gasteiger partial charge in [0.25, 0.3) is 0 Å². The largest absolute Gasteiger partial charge is 0.330 e. The summed E-state index contributed by atoms with van der Waals surface area (Å²) in [5.74, 6) is 0.615. The molecule has 2 N–H and O–H groups in total. The van der Waals surface area contributed by atoms with E-state index in [0.29, 0.717) is 11.3 Å². The zero-order valence-corrected chi connectivity index (χ0v) is 11.9. The molecule has 0 spiro atoms. The van der Waals surface area contributed by atoms with Crippen LogP contribution in [-0.2, 0) is 6.54 Å². The van der Waals surface area contributed by atoms with Crippen LogP contribution in [0.5, 0.6) is 0 Å². The molecule has 2 heteroatoms. The Balaban J connectivity index is 1.89. The number of benzene rings is 1. The first kappa shape index (κ1) is 13.6. The highest BCUT2D eigenvalue weighted by Gasteiger charge is 2.41. The molecular formula is C16H26N2. The van der Waals surface area contributed by atoms with Crippen molar-refractivity contribution in [1.82, 2.24) is 4.90 Å². The molecule has 0 radical (unpaired) electrons. The lowest BCUT2D eigenvalue weighted by molar-refractivity contribution is 0.259. The van der Waals surface area contributed by atoms with Crippen LogP contribution < -0.4 is 5.73 Å². The van der Waals surface area contributed by atoms with E-state index in [0.717, 1.165) is 19.6 Å². The van der Waals surface area contributed by atoms with E-state index in [1.807, 2.05) is 0 Å². The topological polar surface area (TPSA) is 29.3 Å². The zero-order valence-electron chi connectivity index (χ0n) is 11.9. The van der Waals surface area contributed by atoms with E-state index in [4.69, 9.17) is 5.73 Å². The fourth-order valence-corrected chi connectivity index (χ4v) is 2.55. The molecule has 1 saturated carbocycles. The minimum absolute atomic E-state index is 0.437. The number of nitrogens with two attached hydrogens (primary N) is 1. The standard InChI is InChI=1S/C16H26N2/c1-13(2)15-6-4-14(5-7-15)10-18(3)12-16(11-17)8-9-16/h4-7,13H,8-12,17H2,1-3H3. The molecule has 0 aromatic heterocycles. The molecule has 0 saturated heterocycles. The quantitative estimate of drug-likeness (QED) is 0.836. The lowest BCUT2D eigenvalue weighted by Crippen LogP contribution is -2.31. The van der Waals surface area contributed by atoms with E-state index in [9.17, 15) is 0 Å². The zero-order chi connectivity index (χ0) is 13.2. The van der Waals surface area contributed by atoms with E-state index in [-0.39, 0.29) is 0 Å². The Labute approximate surface area is 111 Å². The van der Waals surface area contributed by atoms with Crippen molar-refractivity contribution in [2.45, 2.75) is 39.2 Å². The summed E-state index contributed by atoms with van der Waals surface area (Å²) in [4.78, 5) is 2.41. The lowest BCUT2D eigenvalue weighted by atomic mass is 10.0. The van der Waals surface area contributed by atoms with Gasteiger partial charge in [0.15, 0.2) is 0 Å². The Kier molecular flexibility index (Phi) is 4.08. The van der Waals surface area contributed by atoms with Crippen molar-refractivity contribution in [3.8, 4) is 0 Å². The van der Waals surface area contributed by atoms with Gasteiger partial charge in [0, 0.05) is 13.1 Å². The second-order valence-electron chi connectivity index (χ2n) is 6.27. The average Bonchev–Trinajstić information content (AvgIpc) is 3.10. The number of hydrogen-bond donors (Lipinski definition) is 1. The molecule has 0 unspecified atom stereocenters. The van der Waals surface area contributed by atoms with E-state index < -0.39 is 0 Å². The summed E-state index contributed by atoms with van der Waals surface area (Å²) in [6.45, 7) is 7.47. The summed E-state index contributed by atoms with van der Waals surface area (Å²) in [5.41, 5.74) is 9.09. The molecular weight excluding hydrogens is 220 g/mol. The summed E-state index contributed by atoms with van der Waals surface area (Å²) in [6.07, 6.45) is 2.61. The second kappa shape index (κ2) is 5.41. The third-order valence-electron chi connectivity index (χ3n) is 4.09. The predicted octanol–water partition coefficient (Wildman–Crippen LogP) is 2.98. The van der Waals surface area contributed by atoms with Crippen LogP contribution in [-0.4, -0.2) is 25.0 Å². The van der Waals surface area contributed by atoms with E-state index in [1.165, 1.54) is 24.0 Å². The number of hydrogen-bond acceptors (Lipinski definition) is 2. The minimum Gasteiger partial charge on any atom is -0.330 e. The van der Waals surface area contributed by atoms with E-state index in [2.05, 4.69) is 50.1 Å². The molecule has 1 aromatic carbocycles. The summed E-state index contributed by atoms with van der Waals surface area (Å²) in [6, 6.07) is 9.02. The van der Waals surface area contributed by atoms with Crippen molar-refractivity contribution in [3.05, 3.63) is 35.4 Å². The average molecular weight is 246 g/mol. The Morgan fingerprint density at radius 3 is 2.28 bits per heavy atom. The molecule has 100 valence electrons. The first-order valence-electron chi connectivity index (χ1n) is 7.02. The van der Waals surface area contributed by atoms with Crippen LogP contribution in [0.2, 0.25) is 0 Å². The molecule has 0 amide bonds. The predicted molar refractivity (Wildman–Crippen MR) is 77.6 cm³/mol. The normalized spacial score (nSPS) is 17.4. The Morgan fingerprint density at radius 1 is 1.22 bits per heavy atom.